The van der Waals surface area contributed by atoms with Gasteiger partial charge < -0.3 is 4.57 Å². The minimum atomic E-state index is 0.590. The van der Waals surface area contributed by atoms with E-state index < -0.39 is 0 Å². The van der Waals surface area contributed by atoms with Gasteiger partial charge in [-0.15, -0.1) is 0 Å². The molecule has 1 aromatic rings. The van der Waals surface area contributed by atoms with Crippen molar-refractivity contribution in [1.29, 1.82) is 0 Å². The summed E-state index contributed by atoms with van der Waals surface area (Å²) in [7, 11) is 0. The van der Waals surface area contributed by atoms with Crippen LogP contribution in [0.2, 0.25) is 0 Å². The molecule has 0 aliphatic heterocycles. The average Bonchev–Trinajstić information content (AvgIpc) is 3.40. The summed E-state index contributed by atoms with van der Waals surface area (Å²) in [5.74, 6) is 2.00. The summed E-state index contributed by atoms with van der Waals surface area (Å²) in [4.78, 5) is 4.85. The molecule has 37 heavy (non-hydrogen) atoms. The van der Waals surface area contributed by atoms with Crippen LogP contribution in [0.3, 0.4) is 0 Å². The van der Waals surface area contributed by atoms with E-state index in [-0.39, 0.29) is 0 Å². The lowest BCUT2D eigenvalue weighted by Crippen LogP contribution is -2.12. The zero-order chi connectivity index (χ0) is 26.8. The number of aromatic nitrogens is 2. The highest BCUT2D eigenvalue weighted by Gasteiger charge is 2.18. The number of nitrogens with zero attached hydrogens (tertiary/aromatic N) is 2. The molecule has 1 aromatic heterocycles. The van der Waals surface area contributed by atoms with Gasteiger partial charge in [0.25, 0.3) is 0 Å². The lowest BCUT2D eigenvalue weighted by Gasteiger charge is -2.21. The number of rotatable bonds is 28. The standard InChI is InChI=1S/C35H68N2/c1-5-8-10-12-14-16-17-18-19-20-22-24-26-28-30-34(7-3)35-36-31-32-37(35)33(4)29-27-25-23-21-15-13-11-9-6-2/h31-34H,5-30H2,1-4H3. The molecule has 218 valence electrons. The monoisotopic (exact) mass is 517 g/mol. The van der Waals surface area contributed by atoms with Crippen LogP contribution < -0.4 is 0 Å². The smallest absolute Gasteiger partial charge is 0.111 e. The molecule has 1 rings (SSSR count). The number of imidazole rings is 1. The maximum absolute atomic E-state index is 4.85. The molecule has 0 aliphatic carbocycles. The highest BCUT2D eigenvalue weighted by molar-refractivity contribution is 5.02. The zero-order valence-electron chi connectivity index (χ0n) is 26.1. The van der Waals surface area contributed by atoms with Crippen LogP contribution >= 0.6 is 0 Å². The number of hydrogen-bond acceptors (Lipinski definition) is 1. The minimum absolute atomic E-state index is 0.590. The van der Waals surface area contributed by atoms with Crippen LogP contribution in [0.15, 0.2) is 12.4 Å². The summed E-state index contributed by atoms with van der Waals surface area (Å²) >= 11 is 0. The molecule has 1 heterocycles. The Morgan fingerprint density at radius 2 is 0.919 bits per heavy atom. The second-order valence-corrected chi connectivity index (χ2v) is 12.1. The van der Waals surface area contributed by atoms with Gasteiger partial charge in [-0.25, -0.2) is 4.98 Å². The molecule has 0 aliphatic rings. The SMILES string of the molecule is CCCCCCCCCCCCCCCCC(CC)c1nccn1C(C)CCCCCCCCCCC. The van der Waals surface area contributed by atoms with Gasteiger partial charge in [0, 0.05) is 24.4 Å². The molecule has 0 aromatic carbocycles. The fourth-order valence-electron chi connectivity index (χ4n) is 6.00. The van der Waals surface area contributed by atoms with Gasteiger partial charge in [0.05, 0.1) is 0 Å². The quantitative estimate of drug-likeness (QED) is 0.101. The molecule has 0 spiro atoms. The highest BCUT2D eigenvalue weighted by Crippen LogP contribution is 2.28. The van der Waals surface area contributed by atoms with Crippen LogP contribution in [-0.4, -0.2) is 9.55 Å². The van der Waals surface area contributed by atoms with Gasteiger partial charge in [-0.3, -0.25) is 0 Å². The summed E-state index contributed by atoms with van der Waals surface area (Å²) in [6.07, 6.45) is 41.0. The van der Waals surface area contributed by atoms with Crippen molar-refractivity contribution in [2.75, 3.05) is 0 Å². The van der Waals surface area contributed by atoms with E-state index in [1.807, 2.05) is 0 Å². The van der Waals surface area contributed by atoms with Gasteiger partial charge in [-0.2, -0.15) is 0 Å². The van der Waals surface area contributed by atoms with Crippen molar-refractivity contribution in [2.24, 2.45) is 0 Å². The van der Waals surface area contributed by atoms with Crippen LogP contribution in [0, 0.1) is 0 Å². The first-order valence-electron chi connectivity index (χ1n) is 17.3. The van der Waals surface area contributed by atoms with Crippen molar-refractivity contribution >= 4 is 0 Å². The summed E-state index contributed by atoms with van der Waals surface area (Å²) < 4.78 is 2.52. The van der Waals surface area contributed by atoms with Gasteiger partial charge in [-0.1, -0.05) is 168 Å². The van der Waals surface area contributed by atoms with Gasteiger partial charge >= 0.3 is 0 Å². The second kappa shape index (κ2) is 25.5. The first-order chi connectivity index (χ1) is 18.2. The third-order valence-electron chi connectivity index (χ3n) is 8.66. The Balaban J connectivity index is 2.10. The largest absolute Gasteiger partial charge is 0.332 e. The van der Waals surface area contributed by atoms with Crippen LogP contribution in [-0.2, 0) is 0 Å². The van der Waals surface area contributed by atoms with Crippen molar-refractivity contribution in [3.63, 3.8) is 0 Å². The lowest BCUT2D eigenvalue weighted by molar-refractivity contribution is 0.425. The molecule has 2 atom stereocenters. The predicted molar refractivity (Wildman–Crippen MR) is 167 cm³/mol. The summed E-state index contributed by atoms with van der Waals surface area (Å²) in [5.41, 5.74) is 0. The van der Waals surface area contributed by atoms with E-state index in [1.165, 1.54) is 173 Å². The molecule has 2 nitrogen and oxygen atoms in total. The molecule has 2 heteroatoms. The Morgan fingerprint density at radius 1 is 0.541 bits per heavy atom. The third-order valence-corrected chi connectivity index (χ3v) is 8.66. The molecule has 2 unspecified atom stereocenters. The summed E-state index contributed by atoms with van der Waals surface area (Å²) in [6, 6.07) is 0.590. The summed E-state index contributed by atoms with van der Waals surface area (Å²) in [5, 5.41) is 0. The van der Waals surface area contributed by atoms with E-state index in [4.69, 9.17) is 4.98 Å². The fourth-order valence-corrected chi connectivity index (χ4v) is 6.00. The molecular formula is C35H68N2. The van der Waals surface area contributed by atoms with Crippen LogP contribution in [0.25, 0.3) is 0 Å². The molecule has 0 radical (unpaired) electrons. The van der Waals surface area contributed by atoms with Gasteiger partial charge in [0.15, 0.2) is 0 Å². The van der Waals surface area contributed by atoms with Crippen LogP contribution in [0.4, 0.5) is 0 Å². The first-order valence-corrected chi connectivity index (χ1v) is 17.3. The van der Waals surface area contributed by atoms with E-state index in [1.54, 1.807) is 0 Å². The van der Waals surface area contributed by atoms with E-state index in [0.717, 1.165) is 0 Å². The maximum atomic E-state index is 4.85. The van der Waals surface area contributed by atoms with Crippen molar-refractivity contribution in [3.05, 3.63) is 18.2 Å². The molecule has 0 bridgehead atoms. The maximum Gasteiger partial charge on any atom is 0.111 e. The lowest BCUT2D eigenvalue weighted by atomic mass is 9.96. The highest BCUT2D eigenvalue weighted by atomic mass is 15.1. The van der Waals surface area contributed by atoms with Crippen molar-refractivity contribution in [2.45, 2.75) is 207 Å². The normalized spacial score (nSPS) is 13.3. The van der Waals surface area contributed by atoms with E-state index in [9.17, 15) is 0 Å². The Morgan fingerprint density at radius 3 is 1.32 bits per heavy atom. The van der Waals surface area contributed by atoms with Gasteiger partial charge in [-0.05, 0) is 26.2 Å². The van der Waals surface area contributed by atoms with E-state index in [0.29, 0.717) is 12.0 Å². The Hall–Kier alpha value is -0.790. The number of unbranched alkanes of at least 4 members (excludes halogenated alkanes) is 21. The minimum Gasteiger partial charge on any atom is -0.332 e. The Bertz CT molecular complexity index is 578. The molecule has 0 N–H and O–H groups in total. The van der Waals surface area contributed by atoms with Crippen LogP contribution in [0.1, 0.15) is 212 Å². The Kier molecular flexibility index (Phi) is 23.6. The average molecular weight is 517 g/mol. The first kappa shape index (κ1) is 34.2. The topological polar surface area (TPSA) is 17.8 Å². The van der Waals surface area contributed by atoms with Crippen molar-refractivity contribution in [1.82, 2.24) is 9.55 Å². The molecule has 0 saturated heterocycles. The van der Waals surface area contributed by atoms with E-state index >= 15 is 0 Å². The number of hydrogen-bond donors (Lipinski definition) is 0. The molecule has 0 amide bonds. The zero-order valence-corrected chi connectivity index (χ0v) is 26.1. The fraction of sp³-hybridized carbons (Fsp3) is 0.914. The van der Waals surface area contributed by atoms with Gasteiger partial charge in [0.2, 0.25) is 0 Å². The van der Waals surface area contributed by atoms with Crippen molar-refractivity contribution in [3.8, 4) is 0 Å². The molecular weight excluding hydrogens is 448 g/mol. The van der Waals surface area contributed by atoms with Crippen molar-refractivity contribution < 1.29 is 0 Å². The second-order valence-electron chi connectivity index (χ2n) is 12.1. The van der Waals surface area contributed by atoms with Crippen LogP contribution in [0.5, 0.6) is 0 Å². The molecule has 0 saturated carbocycles. The third kappa shape index (κ3) is 18.2. The van der Waals surface area contributed by atoms with Gasteiger partial charge in [0.1, 0.15) is 5.82 Å². The molecule has 0 fully saturated rings. The summed E-state index contributed by atoms with van der Waals surface area (Å²) in [6.45, 7) is 9.38. The predicted octanol–water partition coefficient (Wildman–Crippen LogP) is 12.7. The Labute approximate surface area is 234 Å². The van der Waals surface area contributed by atoms with E-state index in [2.05, 4.69) is 44.7 Å².